The summed E-state index contributed by atoms with van der Waals surface area (Å²) >= 11 is 1.53. The van der Waals surface area contributed by atoms with Crippen molar-refractivity contribution in [1.29, 1.82) is 0 Å². The van der Waals surface area contributed by atoms with Crippen molar-refractivity contribution in [2.45, 2.75) is 38.9 Å². The summed E-state index contributed by atoms with van der Waals surface area (Å²) in [5.41, 5.74) is 7.72. The highest BCUT2D eigenvalue weighted by Crippen LogP contribution is 2.27. The number of anilines is 1. The van der Waals surface area contributed by atoms with E-state index in [1.807, 2.05) is 0 Å². The summed E-state index contributed by atoms with van der Waals surface area (Å²) in [6, 6.07) is 11.2. The Hall–Kier alpha value is -2.87. The average molecular weight is 441 g/mol. The van der Waals surface area contributed by atoms with Crippen molar-refractivity contribution in [3.8, 4) is 0 Å². The molecule has 0 atom stereocenters. The number of amides is 1. The van der Waals surface area contributed by atoms with E-state index in [0.29, 0.717) is 5.56 Å². The minimum Gasteiger partial charge on any atom is -0.371 e. The van der Waals surface area contributed by atoms with Crippen molar-refractivity contribution in [2.75, 3.05) is 23.7 Å². The number of carbonyl (C=O) groups is 1. The number of carbonyl (C=O) groups excluding carboxylic acids is 1. The van der Waals surface area contributed by atoms with Crippen molar-refractivity contribution < 1.29 is 9.72 Å². The molecular weight excluding hydrogens is 412 g/mol. The van der Waals surface area contributed by atoms with E-state index in [-0.39, 0.29) is 17.3 Å². The first-order valence-electron chi connectivity index (χ1n) is 10.4. The highest BCUT2D eigenvalue weighted by molar-refractivity contribution is 7.99. The molecule has 1 amide bonds. The fraction of sp³-hybridized carbons (Fsp3) is 0.391. The van der Waals surface area contributed by atoms with Gasteiger partial charge in [-0.25, -0.2) is 5.43 Å². The van der Waals surface area contributed by atoms with Crippen molar-refractivity contribution in [2.24, 2.45) is 5.10 Å². The fourth-order valence-corrected chi connectivity index (χ4v) is 4.56. The van der Waals surface area contributed by atoms with Gasteiger partial charge in [-0.3, -0.25) is 14.9 Å². The summed E-state index contributed by atoms with van der Waals surface area (Å²) in [7, 11) is 0. The Morgan fingerprint density at radius 3 is 2.55 bits per heavy atom. The van der Waals surface area contributed by atoms with Crippen LogP contribution in [-0.4, -0.2) is 35.9 Å². The van der Waals surface area contributed by atoms with E-state index >= 15 is 0 Å². The van der Waals surface area contributed by atoms with E-state index in [4.69, 9.17) is 0 Å². The van der Waals surface area contributed by atoms with Crippen molar-refractivity contribution >= 4 is 35.3 Å². The van der Waals surface area contributed by atoms with Gasteiger partial charge < -0.3 is 4.90 Å². The van der Waals surface area contributed by atoms with Gasteiger partial charge in [0.25, 0.3) is 5.69 Å². The van der Waals surface area contributed by atoms with Crippen LogP contribution in [0.4, 0.5) is 11.4 Å². The van der Waals surface area contributed by atoms with Gasteiger partial charge in [-0.2, -0.15) is 5.10 Å². The Balaban J connectivity index is 1.59. The van der Waals surface area contributed by atoms with Crippen LogP contribution in [0.1, 0.15) is 41.5 Å². The number of rotatable bonds is 8. The Kier molecular flexibility index (Phi) is 8.06. The summed E-state index contributed by atoms with van der Waals surface area (Å²) in [5, 5.41) is 15.2. The molecule has 8 heteroatoms. The maximum atomic E-state index is 12.2. The summed E-state index contributed by atoms with van der Waals surface area (Å²) < 4.78 is 0. The number of nitro groups is 1. The lowest BCUT2D eigenvalue weighted by atomic mass is 10.1. The third-order valence-corrected chi connectivity index (χ3v) is 6.10. The summed E-state index contributed by atoms with van der Waals surface area (Å²) in [5.74, 6) is 0.845. The highest BCUT2D eigenvalue weighted by Gasteiger charge is 2.17. The van der Waals surface area contributed by atoms with Gasteiger partial charge in [-0.05, 0) is 44.7 Å². The predicted octanol–water partition coefficient (Wildman–Crippen LogP) is 4.59. The summed E-state index contributed by atoms with van der Waals surface area (Å²) in [6.07, 6.45) is 4.90. The number of hydrazone groups is 1. The minimum atomic E-state index is -0.417. The van der Waals surface area contributed by atoms with Crippen LogP contribution in [0.5, 0.6) is 0 Å². The second-order valence-corrected chi connectivity index (χ2v) is 8.82. The highest BCUT2D eigenvalue weighted by atomic mass is 32.2. The third kappa shape index (κ3) is 6.82. The van der Waals surface area contributed by atoms with Crippen LogP contribution in [0, 0.1) is 24.0 Å². The normalized spacial score (nSPS) is 14.1. The quantitative estimate of drug-likeness (QED) is 0.369. The van der Waals surface area contributed by atoms with Gasteiger partial charge in [0.1, 0.15) is 0 Å². The smallest absolute Gasteiger partial charge is 0.270 e. The molecule has 0 spiro atoms. The second kappa shape index (κ2) is 10.9. The molecule has 1 fully saturated rings. The Bertz CT molecular complexity index is 951. The first-order valence-corrected chi connectivity index (χ1v) is 11.6. The molecule has 1 aliphatic heterocycles. The first kappa shape index (κ1) is 22.8. The van der Waals surface area contributed by atoms with Crippen LogP contribution in [-0.2, 0) is 10.5 Å². The SMILES string of the molecule is Cc1cc(C)cc(CSCC(=O)N/N=C\c2cc([N+](=O)[O-])ccc2N2CCCCC2)c1. The van der Waals surface area contributed by atoms with Crippen molar-refractivity contribution in [3.63, 3.8) is 0 Å². The molecule has 1 aliphatic rings. The van der Waals surface area contributed by atoms with Crippen LogP contribution in [0.2, 0.25) is 0 Å². The molecule has 0 bridgehead atoms. The molecule has 164 valence electrons. The van der Waals surface area contributed by atoms with Crippen molar-refractivity contribution in [1.82, 2.24) is 5.43 Å². The Morgan fingerprint density at radius 1 is 1.16 bits per heavy atom. The molecule has 31 heavy (non-hydrogen) atoms. The molecule has 1 saturated heterocycles. The number of benzene rings is 2. The van der Waals surface area contributed by atoms with Crippen LogP contribution in [0.3, 0.4) is 0 Å². The predicted molar refractivity (Wildman–Crippen MR) is 127 cm³/mol. The van der Waals surface area contributed by atoms with Crippen LogP contribution < -0.4 is 10.3 Å². The van der Waals surface area contributed by atoms with Gasteiger partial charge >= 0.3 is 0 Å². The molecule has 0 saturated carbocycles. The minimum absolute atomic E-state index is 0.0116. The molecular formula is C23H28N4O3S. The lowest BCUT2D eigenvalue weighted by Gasteiger charge is -2.29. The lowest BCUT2D eigenvalue weighted by molar-refractivity contribution is -0.384. The molecule has 0 aromatic heterocycles. The van der Waals surface area contributed by atoms with Gasteiger partial charge in [0, 0.05) is 42.2 Å². The van der Waals surface area contributed by atoms with E-state index in [9.17, 15) is 14.9 Å². The van der Waals surface area contributed by atoms with E-state index in [2.05, 4.69) is 47.5 Å². The Morgan fingerprint density at radius 2 is 1.87 bits per heavy atom. The number of hydrogen-bond acceptors (Lipinski definition) is 6. The molecule has 2 aromatic carbocycles. The van der Waals surface area contributed by atoms with E-state index in [1.165, 1.54) is 53.2 Å². The zero-order valence-corrected chi connectivity index (χ0v) is 18.8. The van der Waals surface area contributed by atoms with E-state index in [1.54, 1.807) is 6.07 Å². The maximum absolute atomic E-state index is 12.2. The summed E-state index contributed by atoms with van der Waals surface area (Å²) in [4.78, 5) is 25.1. The fourth-order valence-electron chi connectivity index (χ4n) is 3.80. The largest absolute Gasteiger partial charge is 0.371 e. The van der Waals surface area contributed by atoms with Crippen LogP contribution >= 0.6 is 11.8 Å². The van der Waals surface area contributed by atoms with E-state index < -0.39 is 4.92 Å². The van der Waals surface area contributed by atoms with E-state index in [0.717, 1.165) is 37.4 Å². The van der Waals surface area contributed by atoms with Gasteiger partial charge in [-0.1, -0.05) is 29.3 Å². The van der Waals surface area contributed by atoms with Gasteiger partial charge in [-0.15, -0.1) is 11.8 Å². The zero-order valence-electron chi connectivity index (χ0n) is 18.0. The number of thioether (sulfide) groups is 1. The number of piperidine rings is 1. The van der Waals surface area contributed by atoms with Crippen molar-refractivity contribution in [3.05, 3.63) is 68.8 Å². The van der Waals surface area contributed by atoms with Gasteiger partial charge in [0.2, 0.25) is 5.91 Å². The lowest BCUT2D eigenvalue weighted by Crippen LogP contribution is -2.30. The Labute approximate surface area is 187 Å². The number of hydrogen-bond donors (Lipinski definition) is 1. The summed E-state index contributed by atoms with van der Waals surface area (Å²) in [6.45, 7) is 5.96. The molecule has 0 aliphatic carbocycles. The zero-order chi connectivity index (χ0) is 22.2. The second-order valence-electron chi connectivity index (χ2n) is 7.83. The first-order chi connectivity index (χ1) is 14.9. The topological polar surface area (TPSA) is 87.8 Å². The number of nitrogens with zero attached hydrogens (tertiary/aromatic N) is 3. The molecule has 0 unspecified atom stereocenters. The number of non-ortho nitro benzene ring substituents is 1. The molecule has 0 radical (unpaired) electrons. The average Bonchev–Trinajstić information content (AvgIpc) is 2.73. The number of aryl methyl sites for hydroxylation is 2. The van der Waals surface area contributed by atoms with Gasteiger partial charge in [0.15, 0.2) is 0 Å². The molecule has 2 aromatic rings. The number of nitro benzene ring substituents is 1. The molecule has 3 rings (SSSR count). The molecule has 1 heterocycles. The van der Waals surface area contributed by atoms with Gasteiger partial charge in [0.05, 0.1) is 16.9 Å². The monoisotopic (exact) mass is 440 g/mol. The van der Waals surface area contributed by atoms with Crippen LogP contribution in [0.15, 0.2) is 41.5 Å². The molecule has 7 nitrogen and oxygen atoms in total. The third-order valence-electron chi connectivity index (χ3n) is 5.09. The standard InChI is InChI=1S/C23H28N4O3S/c1-17-10-18(2)12-19(11-17)15-31-16-23(28)25-24-14-20-13-21(27(29)30)6-7-22(20)26-8-4-3-5-9-26/h6-7,10-14H,3-5,8-9,15-16H2,1-2H3,(H,25,28)/b24-14-. The molecule has 1 N–H and O–H groups in total. The maximum Gasteiger partial charge on any atom is 0.270 e. The van der Waals surface area contributed by atoms with Crippen LogP contribution in [0.25, 0.3) is 0 Å². The number of nitrogens with one attached hydrogen (secondary N) is 1.